The van der Waals surface area contributed by atoms with Crippen LogP contribution in [0.15, 0.2) is 76.5 Å². The molecule has 3 aromatic rings. The standard InChI is InChI=1S/C25H25ClN2O7S/c26-18-3-1-2-17(12-18)23(30)14-27-11-10-16-4-6-19(7-5-16)36(34,35)20-8-9-22(28-24(31)15-29)21(13-20)25(32)33/h1-9,12-13,23,27,29-30H,10-11,14-15H2,(H,28,31)(H,32,33)/t23-/m1/s1. The van der Waals surface area contributed by atoms with Gasteiger partial charge in [0.05, 0.1) is 27.1 Å². The fourth-order valence-electron chi connectivity index (χ4n) is 3.44. The summed E-state index contributed by atoms with van der Waals surface area (Å²) in [5.41, 5.74) is 1.04. The topological polar surface area (TPSA) is 153 Å². The van der Waals surface area contributed by atoms with E-state index in [4.69, 9.17) is 16.7 Å². The number of carboxylic acids is 1. The van der Waals surface area contributed by atoms with E-state index in [0.29, 0.717) is 30.1 Å². The molecule has 5 N–H and O–H groups in total. The van der Waals surface area contributed by atoms with E-state index in [1.165, 1.54) is 24.3 Å². The summed E-state index contributed by atoms with van der Waals surface area (Å²) in [6.07, 6.45) is -0.124. The highest BCUT2D eigenvalue weighted by Crippen LogP contribution is 2.26. The lowest BCUT2D eigenvalue weighted by molar-refractivity contribution is -0.118. The fourth-order valence-corrected chi connectivity index (χ4v) is 4.93. The van der Waals surface area contributed by atoms with Crippen molar-refractivity contribution in [3.05, 3.63) is 88.4 Å². The summed E-state index contributed by atoms with van der Waals surface area (Å²) in [5, 5.41) is 34.4. The van der Waals surface area contributed by atoms with Crippen LogP contribution in [0.5, 0.6) is 0 Å². The van der Waals surface area contributed by atoms with Crippen LogP contribution in [0.25, 0.3) is 0 Å². The lowest BCUT2D eigenvalue weighted by Gasteiger charge is -2.13. The molecule has 0 radical (unpaired) electrons. The van der Waals surface area contributed by atoms with Gasteiger partial charge in [-0.2, -0.15) is 0 Å². The normalized spacial score (nSPS) is 12.2. The molecule has 0 aliphatic heterocycles. The summed E-state index contributed by atoms with van der Waals surface area (Å²) in [6.45, 7) is 0.0314. The van der Waals surface area contributed by atoms with E-state index in [9.17, 15) is 28.2 Å². The zero-order valence-corrected chi connectivity index (χ0v) is 20.6. The number of rotatable bonds is 11. The molecule has 0 spiro atoms. The van der Waals surface area contributed by atoms with E-state index >= 15 is 0 Å². The van der Waals surface area contributed by atoms with Crippen LogP contribution in [-0.4, -0.2) is 55.3 Å². The molecule has 0 fully saturated rings. The van der Waals surface area contributed by atoms with E-state index in [1.54, 1.807) is 36.4 Å². The molecule has 3 rings (SSSR count). The van der Waals surface area contributed by atoms with Crippen LogP contribution in [-0.2, 0) is 21.1 Å². The maximum atomic E-state index is 13.0. The highest BCUT2D eigenvalue weighted by atomic mass is 35.5. The molecule has 1 amide bonds. The van der Waals surface area contributed by atoms with E-state index < -0.39 is 40.0 Å². The zero-order valence-electron chi connectivity index (χ0n) is 19.0. The number of aliphatic hydroxyl groups excluding tert-OH is 2. The predicted molar refractivity (Wildman–Crippen MR) is 134 cm³/mol. The molecule has 0 saturated heterocycles. The number of benzene rings is 3. The summed E-state index contributed by atoms with van der Waals surface area (Å²) >= 11 is 5.94. The number of aliphatic hydroxyl groups is 2. The number of aromatic carboxylic acids is 1. The Morgan fingerprint density at radius 3 is 2.31 bits per heavy atom. The molecule has 9 nitrogen and oxygen atoms in total. The molecule has 3 aromatic carbocycles. The number of halogens is 1. The number of hydrogen-bond acceptors (Lipinski definition) is 7. The second-order valence-electron chi connectivity index (χ2n) is 7.89. The first-order chi connectivity index (χ1) is 17.1. The van der Waals surface area contributed by atoms with Crippen molar-refractivity contribution in [2.75, 3.05) is 25.0 Å². The Hall–Kier alpha value is -3.28. The van der Waals surface area contributed by atoms with Gasteiger partial charge in [0.1, 0.15) is 6.61 Å². The van der Waals surface area contributed by atoms with Crippen molar-refractivity contribution in [1.82, 2.24) is 5.32 Å². The van der Waals surface area contributed by atoms with Gasteiger partial charge in [-0.1, -0.05) is 35.9 Å². The van der Waals surface area contributed by atoms with E-state index in [-0.39, 0.29) is 15.5 Å². The Bertz CT molecular complexity index is 1340. The van der Waals surface area contributed by atoms with Crippen molar-refractivity contribution in [2.24, 2.45) is 0 Å². The largest absolute Gasteiger partial charge is 0.478 e. The SMILES string of the molecule is O=C(CO)Nc1ccc(S(=O)(=O)c2ccc(CCNC[C@@H](O)c3cccc(Cl)c3)cc2)cc1C(=O)O. The first kappa shape index (κ1) is 27.3. The van der Waals surface area contributed by atoms with Crippen LogP contribution in [0.1, 0.15) is 27.6 Å². The third kappa shape index (κ3) is 6.90. The van der Waals surface area contributed by atoms with Crippen molar-refractivity contribution < 1.29 is 33.3 Å². The second kappa shape index (κ2) is 12.1. The summed E-state index contributed by atoms with van der Waals surface area (Å²) in [5.74, 6) is -2.25. The number of carbonyl (C=O) groups is 2. The molecule has 0 heterocycles. The highest BCUT2D eigenvalue weighted by Gasteiger charge is 2.22. The van der Waals surface area contributed by atoms with Crippen LogP contribution in [0.4, 0.5) is 5.69 Å². The smallest absolute Gasteiger partial charge is 0.337 e. The van der Waals surface area contributed by atoms with Gasteiger partial charge in [0, 0.05) is 11.6 Å². The summed E-state index contributed by atoms with van der Waals surface area (Å²) in [7, 11) is -4.02. The zero-order chi connectivity index (χ0) is 26.3. The van der Waals surface area contributed by atoms with Crippen LogP contribution in [0.2, 0.25) is 5.02 Å². The number of carbonyl (C=O) groups excluding carboxylic acids is 1. The van der Waals surface area contributed by atoms with Crippen LogP contribution in [0, 0.1) is 0 Å². The predicted octanol–water partition coefficient (Wildman–Crippen LogP) is 2.67. The van der Waals surface area contributed by atoms with Gasteiger partial charge in [0.25, 0.3) is 0 Å². The van der Waals surface area contributed by atoms with Gasteiger partial charge < -0.3 is 26.0 Å². The van der Waals surface area contributed by atoms with Crippen LogP contribution < -0.4 is 10.6 Å². The number of amides is 1. The summed E-state index contributed by atoms with van der Waals surface area (Å²) in [6, 6.07) is 16.5. The number of nitrogens with one attached hydrogen (secondary N) is 2. The van der Waals surface area contributed by atoms with E-state index in [0.717, 1.165) is 11.6 Å². The minimum absolute atomic E-state index is 0.0147. The van der Waals surface area contributed by atoms with Crippen molar-refractivity contribution in [1.29, 1.82) is 0 Å². The van der Waals surface area contributed by atoms with Gasteiger partial charge in [-0.15, -0.1) is 0 Å². The second-order valence-corrected chi connectivity index (χ2v) is 10.3. The first-order valence-corrected chi connectivity index (χ1v) is 12.7. The molecular formula is C25H25ClN2O7S. The lowest BCUT2D eigenvalue weighted by Crippen LogP contribution is -2.23. The minimum Gasteiger partial charge on any atom is -0.478 e. The van der Waals surface area contributed by atoms with Gasteiger partial charge >= 0.3 is 5.97 Å². The molecule has 36 heavy (non-hydrogen) atoms. The van der Waals surface area contributed by atoms with Gasteiger partial charge in [-0.05, 0) is 66.6 Å². The Balaban J connectivity index is 1.64. The number of carboxylic acid groups (broad SMARTS) is 1. The molecule has 0 aliphatic carbocycles. The third-order valence-electron chi connectivity index (χ3n) is 5.34. The van der Waals surface area contributed by atoms with Crippen LogP contribution >= 0.6 is 11.6 Å². The maximum Gasteiger partial charge on any atom is 0.337 e. The average molecular weight is 533 g/mol. The van der Waals surface area contributed by atoms with Gasteiger partial charge in [0.2, 0.25) is 15.7 Å². The fraction of sp³-hybridized carbons (Fsp3) is 0.200. The maximum absolute atomic E-state index is 13.0. The Morgan fingerprint density at radius 2 is 1.67 bits per heavy atom. The average Bonchev–Trinajstić information content (AvgIpc) is 2.86. The number of anilines is 1. The highest BCUT2D eigenvalue weighted by molar-refractivity contribution is 7.91. The van der Waals surface area contributed by atoms with Gasteiger partial charge in [0.15, 0.2) is 0 Å². The van der Waals surface area contributed by atoms with Crippen molar-refractivity contribution in [2.45, 2.75) is 22.3 Å². The Labute approximate surface area is 213 Å². The van der Waals surface area contributed by atoms with E-state index in [2.05, 4.69) is 10.6 Å². The number of hydrogen-bond donors (Lipinski definition) is 5. The van der Waals surface area contributed by atoms with Crippen LogP contribution in [0.3, 0.4) is 0 Å². The molecular weight excluding hydrogens is 508 g/mol. The Morgan fingerprint density at radius 1 is 0.972 bits per heavy atom. The molecule has 11 heteroatoms. The van der Waals surface area contributed by atoms with Crippen molar-refractivity contribution >= 4 is 39.0 Å². The van der Waals surface area contributed by atoms with E-state index in [1.807, 2.05) is 0 Å². The summed E-state index contributed by atoms with van der Waals surface area (Å²) in [4.78, 5) is 22.7. The lowest BCUT2D eigenvalue weighted by atomic mass is 10.1. The number of sulfone groups is 1. The monoisotopic (exact) mass is 532 g/mol. The van der Waals surface area contributed by atoms with Gasteiger partial charge in [-0.25, -0.2) is 13.2 Å². The molecule has 190 valence electrons. The quantitative estimate of drug-likeness (QED) is 0.236. The Kier molecular flexibility index (Phi) is 9.19. The molecule has 0 bridgehead atoms. The molecule has 0 unspecified atom stereocenters. The first-order valence-electron chi connectivity index (χ1n) is 10.9. The molecule has 1 atom stereocenters. The molecule has 0 saturated carbocycles. The van der Waals surface area contributed by atoms with Crippen molar-refractivity contribution in [3.63, 3.8) is 0 Å². The van der Waals surface area contributed by atoms with Crippen molar-refractivity contribution in [3.8, 4) is 0 Å². The molecule has 0 aliphatic rings. The summed E-state index contributed by atoms with van der Waals surface area (Å²) < 4.78 is 26.1. The molecule has 0 aromatic heterocycles. The third-order valence-corrected chi connectivity index (χ3v) is 7.35. The van der Waals surface area contributed by atoms with Gasteiger partial charge in [-0.3, -0.25) is 4.79 Å². The minimum atomic E-state index is -4.02.